The molecule has 1 saturated heterocycles. The zero-order valence-electron chi connectivity index (χ0n) is 15.8. The summed E-state index contributed by atoms with van der Waals surface area (Å²) in [6.07, 6.45) is 0.0816. The second-order valence-corrected chi connectivity index (χ2v) is 7.04. The first-order chi connectivity index (χ1) is 13.4. The summed E-state index contributed by atoms with van der Waals surface area (Å²) in [7, 11) is 0. The summed E-state index contributed by atoms with van der Waals surface area (Å²) < 4.78 is 13.7. The number of amides is 3. The van der Waals surface area contributed by atoms with Gasteiger partial charge >= 0.3 is 6.03 Å². The van der Waals surface area contributed by atoms with E-state index in [9.17, 15) is 14.0 Å². The topological polar surface area (TPSA) is 87.5 Å². The molecule has 7 heteroatoms. The van der Waals surface area contributed by atoms with Crippen LogP contribution in [-0.2, 0) is 4.79 Å². The van der Waals surface area contributed by atoms with E-state index in [-0.39, 0.29) is 24.2 Å². The minimum atomic E-state index is -0.679. The minimum absolute atomic E-state index is 0.0816. The van der Waals surface area contributed by atoms with E-state index < -0.39 is 12.1 Å². The van der Waals surface area contributed by atoms with Crippen LogP contribution in [0, 0.1) is 12.7 Å². The summed E-state index contributed by atoms with van der Waals surface area (Å²) in [6, 6.07) is 12.5. The monoisotopic (exact) mass is 384 g/mol. The molecule has 1 fully saturated rings. The maximum Gasteiger partial charge on any atom is 0.312 e. The highest BCUT2D eigenvalue weighted by atomic mass is 19.1. The number of carbonyl (C=O) groups is 2. The molecule has 0 saturated carbocycles. The van der Waals surface area contributed by atoms with Gasteiger partial charge in [0.2, 0.25) is 5.91 Å². The van der Waals surface area contributed by atoms with Crippen LogP contribution in [0.25, 0.3) is 0 Å². The number of piperazine rings is 1. The van der Waals surface area contributed by atoms with Crippen LogP contribution in [0.2, 0.25) is 0 Å². The molecule has 0 aliphatic carbocycles. The molecule has 2 aromatic carbocycles. The molecular weight excluding hydrogens is 359 g/mol. The molecule has 0 radical (unpaired) electrons. The van der Waals surface area contributed by atoms with Gasteiger partial charge < -0.3 is 21.3 Å². The van der Waals surface area contributed by atoms with Gasteiger partial charge in [-0.15, -0.1) is 0 Å². The number of halogens is 1. The van der Waals surface area contributed by atoms with E-state index in [0.29, 0.717) is 19.6 Å². The van der Waals surface area contributed by atoms with Gasteiger partial charge in [-0.05, 0) is 30.2 Å². The Morgan fingerprint density at radius 3 is 2.79 bits per heavy atom. The standard InChI is InChI=1S/C21H25FN4O2/c1-14-4-2-5-15(10-14)18(25-21(23)28)12-20(27)26-9-8-24-13-19(26)16-6-3-7-17(22)11-16/h2-7,10-11,18-19,24H,8-9,12-13H2,1H3,(H3,23,25,28). The van der Waals surface area contributed by atoms with Crippen molar-refractivity contribution in [3.8, 4) is 0 Å². The van der Waals surface area contributed by atoms with E-state index in [0.717, 1.165) is 16.7 Å². The molecular formula is C21H25FN4O2. The SMILES string of the molecule is Cc1cccc(C(CC(=O)N2CCNCC2c2cccc(F)c2)NC(N)=O)c1. The summed E-state index contributed by atoms with van der Waals surface area (Å²) in [5.41, 5.74) is 7.93. The van der Waals surface area contributed by atoms with E-state index in [2.05, 4.69) is 10.6 Å². The number of rotatable bonds is 5. The molecule has 1 aliphatic heterocycles. The van der Waals surface area contributed by atoms with Gasteiger partial charge in [0, 0.05) is 19.6 Å². The van der Waals surface area contributed by atoms with Crippen LogP contribution >= 0.6 is 0 Å². The van der Waals surface area contributed by atoms with Crippen molar-refractivity contribution in [1.29, 1.82) is 0 Å². The number of nitrogens with one attached hydrogen (secondary N) is 2. The van der Waals surface area contributed by atoms with Crippen LogP contribution in [0.1, 0.15) is 35.2 Å². The highest BCUT2D eigenvalue weighted by molar-refractivity contribution is 5.79. The quantitative estimate of drug-likeness (QED) is 0.740. The molecule has 148 valence electrons. The summed E-state index contributed by atoms with van der Waals surface area (Å²) in [5.74, 6) is -0.445. The Morgan fingerprint density at radius 1 is 1.29 bits per heavy atom. The summed E-state index contributed by atoms with van der Waals surface area (Å²) >= 11 is 0. The van der Waals surface area contributed by atoms with Gasteiger partial charge in [-0.2, -0.15) is 0 Å². The molecule has 6 nitrogen and oxygen atoms in total. The number of urea groups is 1. The molecule has 3 rings (SSSR count). The van der Waals surface area contributed by atoms with Gasteiger partial charge in [0.25, 0.3) is 0 Å². The number of benzene rings is 2. The van der Waals surface area contributed by atoms with E-state index >= 15 is 0 Å². The largest absolute Gasteiger partial charge is 0.352 e. The first kappa shape index (κ1) is 19.8. The predicted molar refractivity (Wildman–Crippen MR) is 105 cm³/mol. The van der Waals surface area contributed by atoms with Gasteiger partial charge in [0.05, 0.1) is 18.5 Å². The van der Waals surface area contributed by atoms with Crippen molar-refractivity contribution >= 4 is 11.9 Å². The van der Waals surface area contributed by atoms with Gasteiger partial charge in [-0.25, -0.2) is 9.18 Å². The van der Waals surface area contributed by atoms with Gasteiger partial charge in [-0.1, -0.05) is 42.0 Å². The Kier molecular flexibility index (Phi) is 6.26. The van der Waals surface area contributed by atoms with E-state index in [4.69, 9.17) is 5.73 Å². The lowest BCUT2D eigenvalue weighted by atomic mass is 9.98. The molecule has 0 spiro atoms. The Balaban J connectivity index is 1.81. The number of nitrogens with zero attached hydrogens (tertiary/aromatic N) is 1. The predicted octanol–water partition coefficient (Wildman–Crippen LogP) is 2.41. The molecule has 0 bridgehead atoms. The van der Waals surface area contributed by atoms with Crippen molar-refractivity contribution in [2.45, 2.75) is 25.4 Å². The third-order valence-electron chi connectivity index (χ3n) is 4.94. The highest BCUT2D eigenvalue weighted by Crippen LogP contribution is 2.26. The van der Waals surface area contributed by atoms with Crippen LogP contribution < -0.4 is 16.4 Å². The number of aryl methyl sites for hydroxylation is 1. The average Bonchev–Trinajstić information content (AvgIpc) is 2.67. The van der Waals surface area contributed by atoms with Crippen molar-refractivity contribution in [1.82, 2.24) is 15.5 Å². The molecule has 3 amide bonds. The van der Waals surface area contributed by atoms with Crippen molar-refractivity contribution in [3.05, 3.63) is 71.0 Å². The third kappa shape index (κ3) is 4.86. The second-order valence-electron chi connectivity index (χ2n) is 7.04. The molecule has 2 atom stereocenters. The van der Waals surface area contributed by atoms with Crippen molar-refractivity contribution < 1.29 is 14.0 Å². The van der Waals surface area contributed by atoms with E-state index in [1.54, 1.807) is 11.0 Å². The lowest BCUT2D eigenvalue weighted by Crippen LogP contribution is -2.49. The van der Waals surface area contributed by atoms with E-state index in [1.165, 1.54) is 12.1 Å². The van der Waals surface area contributed by atoms with Crippen LogP contribution in [0.15, 0.2) is 48.5 Å². The fraction of sp³-hybridized carbons (Fsp3) is 0.333. The third-order valence-corrected chi connectivity index (χ3v) is 4.94. The average molecular weight is 384 g/mol. The van der Waals surface area contributed by atoms with Crippen LogP contribution in [-0.4, -0.2) is 36.5 Å². The minimum Gasteiger partial charge on any atom is -0.352 e. The van der Waals surface area contributed by atoms with Crippen LogP contribution in [0.4, 0.5) is 9.18 Å². The highest BCUT2D eigenvalue weighted by Gasteiger charge is 2.30. The van der Waals surface area contributed by atoms with Crippen LogP contribution in [0.5, 0.6) is 0 Å². The zero-order chi connectivity index (χ0) is 20.1. The number of primary amides is 1. The van der Waals surface area contributed by atoms with Crippen LogP contribution in [0.3, 0.4) is 0 Å². The molecule has 0 aromatic heterocycles. The Morgan fingerprint density at radius 2 is 2.07 bits per heavy atom. The molecule has 2 unspecified atom stereocenters. The molecule has 1 aliphatic rings. The van der Waals surface area contributed by atoms with Gasteiger partial charge in [-0.3, -0.25) is 4.79 Å². The van der Waals surface area contributed by atoms with E-state index in [1.807, 2.05) is 37.3 Å². The maximum absolute atomic E-state index is 13.7. The Bertz CT molecular complexity index is 858. The number of carbonyl (C=O) groups excluding carboxylic acids is 2. The summed E-state index contributed by atoms with van der Waals surface area (Å²) in [6.45, 7) is 3.67. The number of hydrogen-bond acceptors (Lipinski definition) is 3. The molecule has 4 N–H and O–H groups in total. The van der Waals surface area contributed by atoms with Crippen molar-refractivity contribution in [3.63, 3.8) is 0 Å². The fourth-order valence-corrected chi connectivity index (χ4v) is 3.62. The molecule has 2 aromatic rings. The van der Waals surface area contributed by atoms with Gasteiger partial charge in [0.1, 0.15) is 5.82 Å². The van der Waals surface area contributed by atoms with Crippen molar-refractivity contribution in [2.75, 3.05) is 19.6 Å². The normalized spacial score (nSPS) is 17.8. The first-order valence-corrected chi connectivity index (χ1v) is 9.32. The lowest BCUT2D eigenvalue weighted by molar-refractivity contribution is -0.135. The zero-order valence-corrected chi connectivity index (χ0v) is 15.8. The number of nitrogens with two attached hydrogens (primary N) is 1. The molecule has 1 heterocycles. The smallest absolute Gasteiger partial charge is 0.312 e. The first-order valence-electron chi connectivity index (χ1n) is 9.32. The molecule has 28 heavy (non-hydrogen) atoms. The fourth-order valence-electron chi connectivity index (χ4n) is 3.62. The Labute approximate surface area is 163 Å². The second kappa shape index (κ2) is 8.84. The number of hydrogen-bond donors (Lipinski definition) is 3. The Hall–Kier alpha value is -2.93. The lowest BCUT2D eigenvalue weighted by Gasteiger charge is -2.37. The van der Waals surface area contributed by atoms with Crippen molar-refractivity contribution in [2.24, 2.45) is 5.73 Å². The summed E-state index contributed by atoms with van der Waals surface area (Å²) in [5, 5.41) is 5.93. The maximum atomic E-state index is 13.7. The summed E-state index contributed by atoms with van der Waals surface area (Å²) in [4.78, 5) is 26.4. The van der Waals surface area contributed by atoms with Gasteiger partial charge in [0.15, 0.2) is 0 Å².